The van der Waals surface area contributed by atoms with Crippen molar-refractivity contribution in [3.05, 3.63) is 29.8 Å². The second-order valence-electron chi connectivity index (χ2n) is 4.42. The summed E-state index contributed by atoms with van der Waals surface area (Å²) in [6.07, 6.45) is 5.97. The van der Waals surface area contributed by atoms with Crippen LogP contribution in [0, 0.1) is 0 Å². The summed E-state index contributed by atoms with van der Waals surface area (Å²) in [5.74, 6) is 0.551. The molecule has 0 atom stereocenters. The summed E-state index contributed by atoms with van der Waals surface area (Å²) in [4.78, 5) is 12.0. The van der Waals surface area contributed by atoms with Crippen LogP contribution in [0.1, 0.15) is 49.4 Å². The Morgan fingerprint density at radius 1 is 1.21 bits per heavy atom. The van der Waals surface area contributed by atoms with E-state index in [1.165, 1.54) is 25.7 Å². The summed E-state index contributed by atoms with van der Waals surface area (Å²) in [5, 5.41) is 2.94. The molecule has 0 aliphatic rings. The number of carbonyl (C=O) groups is 1. The van der Waals surface area contributed by atoms with Gasteiger partial charge in [0, 0.05) is 6.54 Å². The van der Waals surface area contributed by atoms with E-state index in [0.717, 1.165) is 13.0 Å². The Bertz CT molecular complexity index is 382. The van der Waals surface area contributed by atoms with Gasteiger partial charge in [-0.1, -0.05) is 44.7 Å². The third-order valence-corrected chi connectivity index (χ3v) is 3.14. The van der Waals surface area contributed by atoms with E-state index in [0.29, 0.717) is 16.8 Å². The van der Waals surface area contributed by atoms with Crippen molar-refractivity contribution in [2.45, 2.75) is 39.0 Å². The fourth-order valence-electron chi connectivity index (χ4n) is 1.86. The minimum Gasteiger partial charge on any atom is -0.482 e. The van der Waals surface area contributed by atoms with Crippen molar-refractivity contribution in [3.8, 4) is 5.75 Å². The molecule has 1 aromatic carbocycles. The molecule has 19 heavy (non-hydrogen) atoms. The van der Waals surface area contributed by atoms with Gasteiger partial charge in [-0.25, -0.2) is 0 Å². The summed E-state index contributed by atoms with van der Waals surface area (Å²) in [6.45, 7) is 2.92. The highest BCUT2D eigenvalue weighted by molar-refractivity contribution is 9.09. The summed E-state index contributed by atoms with van der Waals surface area (Å²) >= 11 is 3.20. The Labute approximate surface area is 123 Å². The average Bonchev–Trinajstić information content (AvgIpc) is 2.43. The van der Waals surface area contributed by atoms with E-state index in [1.807, 2.05) is 12.1 Å². The second kappa shape index (κ2) is 9.84. The quantitative estimate of drug-likeness (QED) is 0.547. The molecule has 1 rings (SSSR count). The zero-order valence-electron chi connectivity index (χ0n) is 11.5. The Morgan fingerprint density at radius 3 is 2.68 bits per heavy atom. The van der Waals surface area contributed by atoms with E-state index >= 15 is 0 Å². The van der Waals surface area contributed by atoms with Crippen molar-refractivity contribution < 1.29 is 9.53 Å². The lowest BCUT2D eigenvalue weighted by Gasteiger charge is -2.09. The SMILES string of the molecule is CCCCCCCNC(=O)c1ccccc1OCBr. The van der Waals surface area contributed by atoms with Crippen molar-refractivity contribution in [1.82, 2.24) is 5.32 Å². The molecule has 4 heteroatoms. The van der Waals surface area contributed by atoms with E-state index in [2.05, 4.69) is 28.2 Å². The lowest BCUT2D eigenvalue weighted by molar-refractivity contribution is 0.0949. The van der Waals surface area contributed by atoms with Gasteiger partial charge in [-0.3, -0.25) is 4.79 Å². The molecule has 3 nitrogen and oxygen atoms in total. The number of carbonyl (C=O) groups excluding carboxylic acids is 1. The van der Waals surface area contributed by atoms with Crippen LogP contribution in [0.4, 0.5) is 0 Å². The molecule has 0 spiro atoms. The Morgan fingerprint density at radius 2 is 1.95 bits per heavy atom. The summed E-state index contributed by atoms with van der Waals surface area (Å²) in [7, 11) is 0. The highest BCUT2D eigenvalue weighted by Gasteiger charge is 2.10. The maximum atomic E-state index is 12.0. The lowest BCUT2D eigenvalue weighted by Crippen LogP contribution is -2.25. The number of hydrogen-bond donors (Lipinski definition) is 1. The Kier molecular flexibility index (Phi) is 8.30. The fraction of sp³-hybridized carbons (Fsp3) is 0.533. The second-order valence-corrected chi connectivity index (χ2v) is 4.88. The van der Waals surface area contributed by atoms with Crippen LogP contribution in [0.15, 0.2) is 24.3 Å². The van der Waals surface area contributed by atoms with Crippen LogP contribution in [0.5, 0.6) is 5.75 Å². The summed E-state index contributed by atoms with van der Waals surface area (Å²) in [5.41, 5.74) is 0.976. The minimum absolute atomic E-state index is 0.0629. The monoisotopic (exact) mass is 327 g/mol. The van der Waals surface area contributed by atoms with Gasteiger partial charge in [-0.2, -0.15) is 0 Å². The number of amides is 1. The highest BCUT2D eigenvalue weighted by atomic mass is 79.9. The molecule has 1 aromatic rings. The number of halogens is 1. The van der Waals surface area contributed by atoms with Crippen molar-refractivity contribution in [2.75, 3.05) is 12.1 Å². The number of benzene rings is 1. The van der Waals surface area contributed by atoms with Crippen LogP contribution < -0.4 is 10.1 Å². The van der Waals surface area contributed by atoms with Crippen molar-refractivity contribution in [2.24, 2.45) is 0 Å². The first-order chi connectivity index (χ1) is 9.29. The molecule has 1 amide bonds. The van der Waals surface area contributed by atoms with Gasteiger partial charge in [0.25, 0.3) is 5.91 Å². The van der Waals surface area contributed by atoms with E-state index in [-0.39, 0.29) is 5.91 Å². The molecule has 0 heterocycles. The van der Waals surface area contributed by atoms with Gasteiger partial charge in [0.1, 0.15) is 11.3 Å². The first kappa shape index (κ1) is 16.0. The number of para-hydroxylation sites is 1. The number of nitrogens with one attached hydrogen (secondary N) is 1. The molecule has 0 aliphatic carbocycles. The molecule has 106 valence electrons. The Balaban J connectivity index is 2.36. The molecule has 0 fully saturated rings. The molecule has 1 N–H and O–H groups in total. The van der Waals surface area contributed by atoms with E-state index in [9.17, 15) is 4.79 Å². The van der Waals surface area contributed by atoms with Gasteiger partial charge in [0.2, 0.25) is 0 Å². The molecule has 0 bridgehead atoms. The molecule has 0 aliphatic heterocycles. The zero-order chi connectivity index (χ0) is 13.9. The standard InChI is InChI=1S/C15H22BrNO2/c1-2-3-4-5-8-11-17-15(18)13-9-6-7-10-14(13)19-12-16/h6-7,9-10H,2-5,8,11-12H2,1H3,(H,17,18). The predicted molar refractivity (Wildman–Crippen MR) is 82.0 cm³/mol. The lowest BCUT2D eigenvalue weighted by atomic mass is 10.1. The number of hydrogen-bond acceptors (Lipinski definition) is 2. The fourth-order valence-corrected chi connectivity index (χ4v) is 2.11. The van der Waals surface area contributed by atoms with Crippen LogP contribution in [-0.4, -0.2) is 18.0 Å². The van der Waals surface area contributed by atoms with Crippen LogP contribution in [0.25, 0.3) is 0 Å². The highest BCUT2D eigenvalue weighted by Crippen LogP contribution is 2.18. The van der Waals surface area contributed by atoms with Crippen LogP contribution in [0.2, 0.25) is 0 Å². The molecular formula is C15H22BrNO2. The van der Waals surface area contributed by atoms with Gasteiger partial charge in [-0.15, -0.1) is 0 Å². The summed E-state index contributed by atoms with van der Waals surface area (Å²) in [6, 6.07) is 7.29. The minimum atomic E-state index is -0.0629. The van der Waals surface area contributed by atoms with Crippen molar-refractivity contribution in [1.29, 1.82) is 0 Å². The molecule has 0 aromatic heterocycles. The predicted octanol–water partition coefficient (Wildman–Crippen LogP) is 4.12. The van der Waals surface area contributed by atoms with Gasteiger partial charge in [0.05, 0.1) is 5.56 Å². The Hall–Kier alpha value is -1.03. The van der Waals surface area contributed by atoms with Gasteiger partial charge in [-0.05, 0) is 34.5 Å². The van der Waals surface area contributed by atoms with Gasteiger partial charge in [0.15, 0.2) is 0 Å². The maximum absolute atomic E-state index is 12.0. The van der Waals surface area contributed by atoms with E-state index in [4.69, 9.17) is 4.74 Å². The first-order valence-electron chi connectivity index (χ1n) is 6.85. The molecular weight excluding hydrogens is 306 g/mol. The van der Waals surface area contributed by atoms with Crippen molar-refractivity contribution >= 4 is 21.8 Å². The van der Waals surface area contributed by atoms with Gasteiger partial charge < -0.3 is 10.1 Å². The van der Waals surface area contributed by atoms with E-state index in [1.54, 1.807) is 12.1 Å². The van der Waals surface area contributed by atoms with Crippen LogP contribution in [0.3, 0.4) is 0 Å². The smallest absolute Gasteiger partial charge is 0.255 e. The number of unbranched alkanes of at least 4 members (excludes halogenated alkanes) is 4. The number of ether oxygens (including phenoxy) is 1. The van der Waals surface area contributed by atoms with Crippen LogP contribution >= 0.6 is 15.9 Å². The molecule has 0 saturated carbocycles. The van der Waals surface area contributed by atoms with Gasteiger partial charge >= 0.3 is 0 Å². The zero-order valence-corrected chi connectivity index (χ0v) is 13.0. The average molecular weight is 328 g/mol. The summed E-state index contributed by atoms with van der Waals surface area (Å²) < 4.78 is 5.37. The topological polar surface area (TPSA) is 38.3 Å². The normalized spacial score (nSPS) is 10.2. The maximum Gasteiger partial charge on any atom is 0.255 e. The molecule has 0 saturated heterocycles. The molecule has 0 radical (unpaired) electrons. The van der Waals surface area contributed by atoms with E-state index < -0.39 is 0 Å². The largest absolute Gasteiger partial charge is 0.482 e. The van der Waals surface area contributed by atoms with Crippen molar-refractivity contribution in [3.63, 3.8) is 0 Å². The number of alkyl halides is 1. The third-order valence-electron chi connectivity index (χ3n) is 2.91. The third kappa shape index (κ3) is 6.10. The molecule has 0 unspecified atom stereocenters. The first-order valence-corrected chi connectivity index (χ1v) is 7.97. The van der Waals surface area contributed by atoms with Crippen LogP contribution in [-0.2, 0) is 0 Å². The number of rotatable bonds is 9.